The Morgan fingerprint density at radius 3 is 2.82 bits per heavy atom. The summed E-state index contributed by atoms with van der Waals surface area (Å²) in [6.45, 7) is 1.03. The summed E-state index contributed by atoms with van der Waals surface area (Å²) in [5, 5.41) is 16.3. The number of nitrogen functional groups attached to an aromatic ring is 1. The number of rotatable bonds is 7. The first-order valence-corrected chi connectivity index (χ1v) is 12.0. The molecule has 170 valence electrons. The number of anilines is 2. The van der Waals surface area contributed by atoms with E-state index in [0.717, 1.165) is 60.5 Å². The van der Waals surface area contributed by atoms with Crippen LogP contribution in [0.5, 0.6) is 0 Å². The molecule has 6 rings (SSSR count). The summed E-state index contributed by atoms with van der Waals surface area (Å²) in [5.74, 6) is 2.75. The lowest BCUT2D eigenvalue weighted by molar-refractivity contribution is 0.136. The van der Waals surface area contributed by atoms with Crippen LogP contribution in [0.2, 0.25) is 0 Å². The highest BCUT2D eigenvalue weighted by Crippen LogP contribution is 2.39. The molecule has 0 spiro atoms. The highest BCUT2D eigenvalue weighted by atomic mass is 16.3. The Kier molecular flexibility index (Phi) is 5.14. The molecule has 0 aliphatic heterocycles. The van der Waals surface area contributed by atoms with Crippen molar-refractivity contribution in [1.29, 1.82) is 0 Å². The molecule has 3 aromatic heterocycles. The molecule has 0 saturated heterocycles. The SMILES string of the molecule is Nc1ncnc2c1ccn2[C@@H]1C[C@H](CCc2ccc3ccc(NCC4CC4)nc3c2)C[C@H]1O. The number of aliphatic hydroxyl groups is 1. The quantitative estimate of drug-likeness (QED) is 0.394. The maximum atomic E-state index is 10.8. The van der Waals surface area contributed by atoms with E-state index in [9.17, 15) is 5.11 Å². The molecule has 3 atom stereocenters. The summed E-state index contributed by atoms with van der Waals surface area (Å²) < 4.78 is 2.08. The average molecular weight is 443 g/mol. The lowest BCUT2D eigenvalue weighted by Crippen LogP contribution is -2.17. The molecule has 7 nitrogen and oxygen atoms in total. The van der Waals surface area contributed by atoms with Crippen LogP contribution in [0.3, 0.4) is 0 Å². The topological polar surface area (TPSA) is 102 Å². The highest BCUT2D eigenvalue weighted by Gasteiger charge is 2.34. The zero-order valence-electron chi connectivity index (χ0n) is 18.7. The first kappa shape index (κ1) is 20.4. The Hall–Kier alpha value is -3.19. The second-order valence-electron chi connectivity index (χ2n) is 9.78. The number of aromatic nitrogens is 4. The van der Waals surface area contributed by atoms with E-state index in [1.54, 1.807) is 0 Å². The monoisotopic (exact) mass is 442 g/mol. The van der Waals surface area contributed by atoms with Crippen molar-refractivity contribution < 1.29 is 5.11 Å². The van der Waals surface area contributed by atoms with Gasteiger partial charge in [0.25, 0.3) is 0 Å². The summed E-state index contributed by atoms with van der Waals surface area (Å²) in [6.07, 6.45) is 9.57. The van der Waals surface area contributed by atoms with Gasteiger partial charge in [-0.25, -0.2) is 15.0 Å². The third-order valence-electron chi connectivity index (χ3n) is 7.36. The van der Waals surface area contributed by atoms with E-state index >= 15 is 0 Å². The van der Waals surface area contributed by atoms with E-state index in [0.29, 0.717) is 11.7 Å². The lowest BCUT2D eigenvalue weighted by atomic mass is 9.97. The molecular weight excluding hydrogens is 412 g/mol. The largest absolute Gasteiger partial charge is 0.391 e. The van der Waals surface area contributed by atoms with Crippen LogP contribution in [0.4, 0.5) is 11.6 Å². The zero-order valence-corrected chi connectivity index (χ0v) is 18.7. The van der Waals surface area contributed by atoms with Gasteiger partial charge in [0, 0.05) is 18.1 Å². The highest BCUT2D eigenvalue weighted by molar-refractivity contribution is 5.86. The standard InChI is InChI=1S/C26H30N6O/c27-25-20-9-10-32(26(20)30-15-29-25)22-12-18(13-23(22)33)4-1-16-5-6-19-7-8-24(31-21(19)11-16)28-14-17-2-3-17/h5-11,15,17-18,22-23,33H,1-4,12-14H2,(H,28,31)(H2,27,29,30)/t18-,22+,23+/m0/s1. The van der Waals surface area contributed by atoms with Gasteiger partial charge in [0.05, 0.1) is 23.0 Å². The summed E-state index contributed by atoms with van der Waals surface area (Å²) in [7, 11) is 0. The first-order chi connectivity index (χ1) is 16.1. The fraction of sp³-hybridized carbons (Fsp3) is 0.423. The third-order valence-corrected chi connectivity index (χ3v) is 7.36. The third kappa shape index (κ3) is 4.13. The van der Waals surface area contributed by atoms with Crippen LogP contribution in [0.15, 0.2) is 48.9 Å². The predicted molar refractivity (Wildman–Crippen MR) is 131 cm³/mol. The zero-order chi connectivity index (χ0) is 22.4. The minimum atomic E-state index is -0.375. The Morgan fingerprint density at radius 1 is 1.06 bits per heavy atom. The average Bonchev–Trinajstić information content (AvgIpc) is 3.44. The molecule has 2 aliphatic rings. The molecule has 3 heterocycles. The van der Waals surface area contributed by atoms with E-state index in [4.69, 9.17) is 10.7 Å². The van der Waals surface area contributed by atoms with Crippen molar-refractivity contribution in [2.24, 2.45) is 11.8 Å². The fourth-order valence-corrected chi connectivity index (χ4v) is 5.24. The molecule has 4 N–H and O–H groups in total. The lowest BCUT2D eigenvalue weighted by Gasteiger charge is -2.17. The van der Waals surface area contributed by atoms with Crippen LogP contribution in [-0.2, 0) is 6.42 Å². The molecule has 0 amide bonds. The molecule has 2 aliphatic carbocycles. The van der Waals surface area contributed by atoms with Gasteiger partial charge in [-0.3, -0.25) is 0 Å². The Labute approximate surface area is 193 Å². The summed E-state index contributed by atoms with van der Waals surface area (Å²) in [4.78, 5) is 13.3. The number of nitrogens with two attached hydrogens (primary N) is 1. The van der Waals surface area contributed by atoms with Crippen molar-refractivity contribution >= 4 is 33.6 Å². The van der Waals surface area contributed by atoms with E-state index in [-0.39, 0.29) is 12.1 Å². The number of benzene rings is 1. The summed E-state index contributed by atoms with van der Waals surface area (Å²) in [6, 6.07) is 12.8. The van der Waals surface area contributed by atoms with Crippen molar-refractivity contribution in [2.75, 3.05) is 17.6 Å². The number of nitrogens with zero attached hydrogens (tertiary/aromatic N) is 4. The van der Waals surface area contributed by atoms with Gasteiger partial charge in [-0.2, -0.15) is 0 Å². The van der Waals surface area contributed by atoms with E-state index in [2.05, 4.69) is 50.2 Å². The summed E-state index contributed by atoms with van der Waals surface area (Å²) in [5.41, 5.74) is 9.15. The minimum absolute atomic E-state index is 0.0279. The molecule has 4 aromatic rings. The number of hydrogen-bond donors (Lipinski definition) is 3. The number of fused-ring (bicyclic) bond motifs is 2. The van der Waals surface area contributed by atoms with Crippen molar-refractivity contribution in [3.63, 3.8) is 0 Å². The molecule has 2 fully saturated rings. The number of aryl methyl sites for hydroxylation is 1. The van der Waals surface area contributed by atoms with Gasteiger partial charge < -0.3 is 20.7 Å². The fourth-order valence-electron chi connectivity index (χ4n) is 5.24. The number of hydrogen-bond acceptors (Lipinski definition) is 6. The van der Waals surface area contributed by atoms with Gasteiger partial charge in [-0.05, 0) is 80.2 Å². The van der Waals surface area contributed by atoms with Gasteiger partial charge >= 0.3 is 0 Å². The molecule has 0 unspecified atom stereocenters. The number of nitrogens with one attached hydrogen (secondary N) is 1. The van der Waals surface area contributed by atoms with Gasteiger partial charge in [-0.1, -0.05) is 12.1 Å². The molecule has 1 aromatic carbocycles. The molecular formula is C26H30N6O. The minimum Gasteiger partial charge on any atom is -0.391 e. The number of pyridine rings is 1. The number of aliphatic hydroxyl groups excluding tert-OH is 1. The van der Waals surface area contributed by atoms with Crippen LogP contribution in [0.25, 0.3) is 21.9 Å². The van der Waals surface area contributed by atoms with Gasteiger partial charge in [0.2, 0.25) is 0 Å². The Morgan fingerprint density at radius 2 is 1.94 bits per heavy atom. The smallest absolute Gasteiger partial charge is 0.145 e. The van der Waals surface area contributed by atoms with Crippen molar-refractivity contribution in [3.05, 3.63) is 54.5 Å². The molecule has 7 heteroatoms. The van der Waals surface area contributed by atoms with Crippen molar-refractivity contribution in [1.82, 2.24) is 19.5 Å². The summed E-state index contributed by atoms with van der Waals surface area (Å²) >= 11 is 0. The molecule has 33 heavy (non-hydrogen) atoms. The molecule has 0 radical (unpaired) electrons. The van der Waals surface area contributed by atoms with Gasteiger partial charge in [0.15, 0.2) is 0 Å². The predicted octanol–water partition coefficient (Wildman–Crippen LogP) is 4.33. The normalized spacial score (nSPS) is 22.9. The van der Waals surface area contributed by atoms with Crippen LogP contribution < -0.4 is 11.1 Å². The van der Waals surface area contributed by atoms with Crippen LogP contribution in [0, 0.1) is 11.8 Å². The van der Waals surface area contributed by atoms with Crippen LogP contribution in [-0.4, -0.2) is 37.3 Å². The Balaban J connectivity index is 1.13. The van der Waals surface area contributed by atoms with Crippen molar-refractivity contribution in [3.8, 4) is 0 Å². The van der Waals surface area contributed by atoms with E-state index in [1.165, 1.54) is 30.1 Å². The second kappa shape index (κ2) is 8.30. The van der Waals surface area contributed by atoms with Crippen molar-refractivity contribution in [2.45, 2.75) is 50.7 Å². The van der Waals surface area contributed by atoms with Crippen LogP contribution in [0.1, 0.15) is 43.7 Å². The van der Waals surface area contributed by atoms with Crippen LogP contribution >= 0.6 is 0 Å². The maximum Gasteiger partial charge on any atom is 0.145 e. The maximum absolute atomic E-state index is 10.8. The van der Waals surface area contributed by atoms with E-state index in [1.807, 2.05) is 12.3 Å². The van der Waals surface area contributed by atoms with E-state index < -0.39 is 0 Å². The Bertz CT molecular complexity index is 1300. The second-order valence-corrected chi connectivity index (χ2v) is 9.78. The van der Waals surface area contributed by atoms with Gasteiger partial charge in [-0.15, -0.1) is 0 Å². The first-order valence-electron chi connectivity index (χ1n) is 12.0. The van der Waals surface area contributed by atoms with Gasteiger partial charge in [0.1, 0.15) is 23.6 Å². The molecule has 2 saturated carbocycles. The molecule has 0 bridgehead atoms.